The molecule has 0 fully saturated rings. The molecule has 0 saturated carbocycles. The number of carbonyl (C=O) groups excluding carboxylic acids is 2. The Morgan fingerprint density at radius 3 is 2.64 bits per heavy atom. The largest absolute Gasteiger partial charge is 0.323 e. The number of rotatable bonds is 2. The summed E-state index contributed by atoms with van der Waals surface area (Å²) in [6.07, 6.45) is 0. The van der Waals surface area contributed by atoms with Crippen LogP contribution in [0, 0.1) is 0 Å². The Bertz CT molecular complexity index is 372. The molecule has 1 rings (SSSR count). The number of nitrogens with zero attached hydrogens (tertiary/aromatic N) is 1. The summed E-state index contributed by atoms with van der Waals surface area (Å²) in [5.41, 5.74) is 0.275. The fraction of sp³-hybridized carbons (Fsp3) is 0.111. The van der Waals surface area contributed by atoms with E-state index in [4.69, 9.17) is 11.6 Å². The molecule has 1 heterocycles. The second-order valence-corrected chi connectivity index (χ2v) is 3.84. The molecule has 0 unspecified atom stereocenters. The van der Waals surface area contributed by atoms with Crippen molar-refractivity contribution in [2.45, 2.75) is 0 Å². The molecule has 0 aliphatic heterocycles. The van der Waals surface area contributed by atoms with Gasteiger partial charge in [-0.3, -0.25) is 14.5 Å². The summed E-state index contributed by atoms with van der Waals surface area (Å²) < 4.78 is 0. The first-order valence-electron chi connectivity index (χ1n) is 3.74. The number of hydrogen-bond acceptors (Lipinski definition) is 3. The zero-order valence-corrected chi connectivity index (χ0v) is 9.06. The molecule has 1 aromatic rings. The summed E-state index contributed by atoms with van der Waals surface area (Å²) in [5, 5.41) is 1.02. The Morgan fingerprint density at radius 1 is 1.57 bits per heavy atom. The molecule has 74 valence electrons. The maximum Gasteiger partial charge on any atom is 0.323 e. The van der Waals surface area contributed by atoms with Gasteiger partial charge in [-0.1, -0.05) is 12.6 Å². The standard InChI is InChI=1S/C9H8ClNO2S/c1-6(7-4-3-5-14-7)8(12)11(2)9(10)13/h3-5H,1H2,2H3. The number of likely N-dealkylation sites (N-methyl/N-ethyl adjacent to an activating group) is 1. The smallest absolute Gasteiger partial charge is 0.269 e. The van der Waals surface area contributed by atoms with Crippen molar-refractivity contribution in [3.05, 3.63) is 29.0 Å². The van der Waals surface area contributed by atoms with E-state index < -0.39 is 11.3 Å². The number of carbonyl (C=O) groups is 2. The third kappa shape index (κ3) is 2.21. The summed E-state index contributed by atoms with van der Waals surface area (Å²) in [6.45, 7) is 3.61. The number of hydrogen-bond donors (Lipinski definition) is 0. The van der Waals surface area contributed by atoms with E-state index in [1.807, 2.05) is 5.38 Å². The van der Waals surface area contributed by atoms with Crippen molar-refractivity contribution < 1.29 is 9.59 Å². The first-order valence-corrected chi connectivity index (χ1v) is 5.00. The molecule has 0 saturated heterocycles. The maximum atomic E-state index is 11.5. The Morgan fingerprint density at radius 2 is 2.21 bits per heavy atom. The minimum atomic E-state index is -0.812. The van der Waals surface area contributed by atoms with Crippen LogP contribution in [-0.2, 0) is 4.79 Å². The zero-order valence-electron chi connectivity index (χ0n) is 7.49. The minimum Gasteiger partial charge on any atom is -0.269 e. The van der Waals surface area contributed by atoms with Crippen LogP contribution in [-0.4, -0.2) is 23.2 Å². The number of amides is 2. The Kier molecular flexibility index (Phi) is 3.43. The van der Waals surface area contributed by atoms with Gasteiger partial charge in [-0.05, 0) is 23.0 Å². The predicted molar refractivity (Wildman–Crippen MR) is 57.4 cm³/mol. The van der Waals surface area contributed by atoms with E-state index in [1.54, 1.807) is 12.1 Å². The fourth-order valence-electron chi connectivity index (χ4n) is 0.838. The van der Waals surface area contributed by atoms with Crippen LogP contribution in [0.1, 0.15) is 4.88 Å². The highest BCUT2D eigenvalue weighted by atomic mass is 35.5. The van der Waals surface area contributed by atoms with Crippen molar-refractivity contribution in [3.8, 4) is 0 Å². The summed E-state index contributed by atoms with van der Waals surface area (Å²) in [5.74, 6) is -0.479. The number of imide groups is 1. The van der Waals surface area contributed by atoms with Gasteiger partial charge in [0.15, 0.2) is 0 Å². The van der Waals surface area contributed by atoms with E-state index >= 15 is 0 Å². The number of thiophene rings is 1. The highest BCUT2D eigenvalue weighted by Crippen LogP contribution is 2.20. The van der Waals surface area contributed by atoms with Gasteiger partial charge in [0.1, 0.15) is 0 Å². The van der Waals surface area contributed by atoms with Gasteiger partial charge in [-0.15, -0.1) is 11.3 Å². The van der Waals surface area contributed by atoms with E-state index in [2.05, 4.69) is 6.58 Å². The summed E-state index contributed by atoms with van der Waals surface area (Å²) >= 11 is 6.54. The Labute approximate surface area is 90.6 Å². The topological polar surface area (TPSA) is 37.4 Å². The van der Waals surface area contributed by atoms with Crippen LogP contribution >= 0.6 is 22.9 Å². The van der Waals surface area contributed by atoms with Crippen LogP contribution in [0.2, 0.25) is 0 Å². The number of halogens is 1. The SMILES string of the molecule is C=C(C(=O)N(C)C(=O)Cl)c1cccs1. The molecule has 5 heteroatoms. The molecule has 0 aromatic carbocycles. The molecule has 0 radical (unpaired) electrons. The van der Waals surface area contributed by atoms with Gasteiger partial charge >= 0.3 is 5.37 Å². The second kappa shape index (κ2) is 4.39. The summed E-state index contributed by atoms with van der Waals surface area (Å²) in [4.78, 5) is 23.8. The van der Waals surface area contributed by atoms with Gasteiger partial charge < -0.3 is 0 Å². The zero-order chi connectivity index (χ0) is 10.7. The molecule has 0 atom stereocenters. The normalized spacial score (nSPS) is 9.57. The molecule has 0 aliphatic carbocycles. The lowest BCUT2D eigenvalue weighted by molar-refractivity contribution is -0.120. The lowest BCUT2D eigenvalue weighted by Crippen LogP contribution is -2.29. The molecule has 0 aliphatic rings. The van der Waals surface area contributed by atoms with E-state index in [-0.39, 0.29) is 5.57 Å². The third-order valence-corrected chi connectivity index (χ3v) is 2.83. The maximum absolute atomic E-state index is 11.5. The van der Waals surface area contributed by atoms with Crippen molar-refractivity contribution in [3.63, 3.8) is 0 Å². The summed E-state index contributed by atoms with van der Waals surface area (Å²) in [6, 6.07) is 3.57. The van der Waals surface area contributed by atoms with E-state index in [1.165, 1.54) is 18.4 Å². The van der Waals surface area contributed by atoms with Gasteiger partial charge in [0.05, 0.1) is 5.57 Å². The molecule has 14 heavy (non-hydrogen) atoms. The predicted octanol–water partition coefficient (Wildman–Crippen LogP) is 2.58. The highest BCUT2D eigenvalue weighted by molar-refractivity contribution is 7.11. The van der Waals surface area contributed by atoms with Crippen molar-refractivity contribution in [2.24, 2.45) is 0 Å². The molecule has 0 N–H and O–H groups in total. The lowest BCUT2D eigenvalue weighted by Gasteiger charge is -2.11. The molecule has 1 aromatic heterocycles. The average molecular weight is 230 g/mol. The van der Waals surface area contributed by atoms with Gasteiger partial charge in [0.2, 0.25) is 0 Å². The van der Waals surface area contributed by atoms with Crippen LogP contribution in [0.4, 0.5) is 4.79 Å². The van der Waals surface area contributed by atoms with Crippen LogP contribution in [0.5, 0.6) is 0 Å². The van der Waals surface area contributed by atoms with Crippen molar-refractivity contribution in [1.82, 2.24) is 4.90 Å². The quantitative estimate of drug-likeness (QED) is 0.444. The molecule has 0 spiro atoms. The van der Waals surface area contributed by atoms with Gasteiger partial charge in [0.25, 0.3) is 5.91 Å². The van der Waals surface area contributed by atoms with E-state index in [0.717, 1.165) is 9.78 Å². The Balaban J connectivity index is 2.81. The van der Waals surface area contributed by atoms with Crippen molar-refractivity contribution >= 4 is 39.8 Å². The highest BCUT2D eigenvalue weighted by Gasteiger charge is 2.19. The molecule has 3 nitrogen and oxygen atoms in total. The first kappa shape index (κ1) is 10.9. The van der Waals surface area contributed by atoms with Crippen LogP contribution in [0.25, 0.3) is 5.57 Å². The first-order chi connectivity index (χ1) is 6.54. The van der Waals surface area contributed by atoms with Crippen molar-refractivity contribution in [2.75, 3.05) is 7.05 Å². The molecule has 0 bridgehead atoms. The minimum absolute atomic E-state index is 0.275. The van der Waals surface area contributed by atoms with E-state index in [0.29, 0.717) is 0 Å². The third-order valence-electron chi connectivity index (χ3n) is 1.65. The van der Waals surface area contributed by atoms with Crippen LogP contribution < -0.4 is 0 Å². The lowest BCUT2D eigenvalue weighted by atomic mass is 10.2. The summed E-state index contributed by atoms with van der Waals surface area (Å²) in [7, 11) is 1.32. The molecular weight excluding hydrogens is 222 g/mol. The van der Waals surface area contributed by atoms with Crippen molar-refractivity contribution in [1.29, 1.82) is 0 Å². The fourth-order valence-corrected chi connectivity index (χ4v) is 1.61. The van der Waals surface area contributed by atoms with Crippen LogP contribution in [0.3, 0.4) is 0 Å². The van der Waals surface area contributed by atoms with E-state index in [9.17, 15) is 9.59 Å². The second-order valence-electron chi connectivity index (χ2n) is 2.57. The van der Waals surface area contributed by atoms with Gasteiger partial charge in [0, 0.05) is 11.9 Å². The monoisotopic (exact) mass is 229 g/mol. The van der Waals surface area contributed by atoms with Crippen LogP contribution in [0.15, 0.2) is 24.1 Å². The molecular formula is C9H8ClNO2S. The molecule has 2 amide bonds. The van der Waals surface area contributed by atoms with Gasteiger partial charge in [-0.2, -0.15) is 0 Å². The average Bonchev–Trinajstić information content (AvgIpc) is 2.67. The van der Waals surface area contributed by atoms with Gasteiger partial charge in [-0.25, -0.2) is 0 Å². The Hall–Kier alpha value is -1.13.